The van der Waals surface area contributed by atoms with E-state index in [-0.39, 0.29) is 6.03 Å². The molecule has 7 nitrogen and oxygen atoms in total. The Morgan fingerprint density at radius 3 is 2.74 bits per heavy atom. The summed E-state index contributed by atoms with van der Waals surface area (Å²) in [6.07, 6.45) is 7.76. The molecule has 1 aromatic rings. The summed E-state index contributed by atoms with van der Waals surface area (Å²) in [6.45, 7) is 6.60. The number of aromatic nitrogens is 1. The highest BCUT2D eigenvalue weighted by molar-refractivity contribution is 5.92. The van der Waals surface area contributed by atoms with Crippen molar-refractivity contribution >= 4 is 17.5 Å². The highest BCUT2D eigenvalue weighted by Crippen LogP contribution is 2.26. The molecule has 0 bridgehead atoms. The first-order chi connectivity index (χ1) is 13.3. The van der Waals surface area contributed by atoms with E-state index in [1.165, 1.54) is 25.7 Å². The summed E-state index contributed by atoms with van der Waals surface area (Å²) in [4.78, 5) is 21.9. The monoisotopic (exact) mass is 373 g/mol. The van der Waals surface area contributed by atoms with Crippen LogP contribution in [0.25, 0.3) is 0 Å². The molecule has 3 aliphatic rings. The standard InChI is InChI=1S/C20H31N5O2/c26-20(23-17-6-5-8-21-19(17)25-11-3-4-12-25)22-14-18(16-7-13-27-15-16)24-9-1-2-10-24/h5-6,8,16,18H,1-4,7,9-15H2,(H2,22,23,26). The van der Waals surface area contributed by atoms with Gasteiger partial charge in [-0.2, -0.15) is 0 Å². The third-order valence-corrected chi connectivity index (χ3v) is 6.03. The largest absolute Gasteiger partial charge is 0.381 e. The molecule has 27 heavy (non-hydrogen) atoms. The number of amides is 2. The molecule has 2 N–H and O–H groups in total. The van der Waals surface area contributed by atoms with Gasteiger partial charge in [-0.3, -0.25) is 4.90 Å². The summed E-state index contributed by atoms with van der Waals surface area (Å²) in [6, 6.07) is 4.03. The molecule has 2 unspecified atom stereocenters. The zero-order valence-electron chi connectivity index (χ0n) is 16.0. The number of anilines is 2. The van der Waals surface area contributed by atoms with Gasteiger partial charge in [0, 0.05) is 44.4 Å². The molecule has 2 atom stereocenters. The molecule has 7 heteroatoms. The number of rotatable bonds is 6. The molecule has 3 saturated heterocycles. The summed E-state index contributed by atoms with van der Waals surface area (Å²) in [5.74, 6) is 1.40. The van der Waals surface area contributed by atoms with Crippen LogP contribution in [-0.2, 0) is 4.74 Å². The van der Waals surface area contributed by atoms with Crippen molar-refractivity contribution in [3.05, 3.63) is 18.3 Å². The first-order valence-electron chi connectivity index (χ1n) is 10.4. The molecular weight excluding hydrogens is 342 g/mol. The van der Waals surface area contributed by atoms with E-state index in [4.69, 9.17) is 4.74 Å². The summed E-state index contributed by atoms with van der Waals surface area (Å²) >= 11 is 0. The van der Waals surface area contributed by atoms with Crippen molar-refractivity contribution in [3.63, 3.8) is 0 Å². The van der Waals surface area contributed by atoms with Crippen LogP contribution in [0.4, 0.5) is 16.3 Å². The molecule has 3 fully saturated rings. The lowest BCUT2D eigenvalue weighted by Gasteiger charge is -2.32. The fourth-order valence-electron chi connectivity index (χ4n) is 4.56. The Bertz CT molecular complexity index is 607. The number of hydrogen-bond donors (Lipinski definition) is 2. The van der Waals surface area contributed by atoms with Gasteiger partial charge < -0.3 is 20.3 Å². The lowest BCUT2D eigenvalue weighted by atomic mass is 9.97. The number of carbonyl (C=O) groups is 1. The van der Waals surface area contributed by atoms with Crippen molar-refractivity contribution in [2.24, 2.45) is 5.92 Å². The number of likely N-dealkylation sites (tertiary alicyclic amines) is 1. The third kappa shape index (κ3) is 4.52. The molecular formula is C20H31N5O2. The van der Waals surface area contributed by atoms with Gasteiger partial charge in [-0.15, -0.1) is 0 Å². The Balaban J connectivity index is 1.36. The molecule has 0 saturated carbocycles. The van der Waals surface area contributed by atoms with Crippen LogP contribution in [0.2, 0.25) is 0 Å². The summed E-state index contributed by atoms with van der Waals surface area (Å²) in [5, 5.41) is 6.13. The lowest BCUT2D eigenvalue weighted by Crippen LogP contribution is -2.48. The second kappa shape index (κ2) is 8.89. The van der Waals surface area contributed by atoms with Gasteiger partial charge in [-0.05, 0) is 57.3 Å². The highest BCUT2D eigenvalue weighted by atomic mass is 16.5. The van der Waals surface area contributed by atoms with Crippen molar-refractivity contribution in [1.29, 1.82) is 0 Å². The molecule has 0 aliphatic carbocycles. The van der Waals surface area contributed by atoms with E-state index in [0.717, 1.165) is 57.3 Å². The number of ether oxygens (including phenoxy) is 1. The Labute approximate surface area is 161 Å². The maximum absolute atomic E-state index is 12.6. The second-order valence-corrected chi connectivity index (χ2v) is 7.84. The third-order valence-electron chi connectivity index (χ3n) is 6.03. The SMILES string of the molecule is O=C(NCC(C1CCOC1)N1CCCC1)Nc1cccnc1N1CCCC1. The normalized spacial score (nSPS) is 24.3. The van der Waals surface area contributed by atoms with Crippen LogP contribution in [0, 0.1) is 5.92 Å². The van der Waals surface area contributed by atoms with Crippen LogP contribution in [0.3, 0.4) is 0 Å². The van der Waals surface area contributed by atoms with Crippen molar-refractivity contribution in [3.8, 4) is 0 Å². The van der Waals surface area contributed by atoms with Crippen molar-refractivity contribution in [2.75, 3.05) is 56.2 Å². The number of hydrogen-bond acceptors (Lipinski definition) is 5. The van der Waals surface area contributed by atoms with Crippen LogP contribution >= 0.6 is 0 Å². The maximum atomic E-state index is 12.6. The lowest BCUT2D eigenvalue weighted by molar-refractivity contribution is 0.135. The van der Waals surface area contributed by atoms with E-state index in [1.54, 1.807) is 6.20 Å². The quantitative estimate of drug-likeness (QED) is 0.801. The molecule has 1 aromatic heterocycles. The zero-order valence-corrected chi connectivity index (χ0v) is 16.0. The average Bonchev–Trinajstić information content (AvgIpc) is 3.45. The minimum atomic E-state index is -0.147. The van der Waals surface area contributed by atoms with Gasteiger partial charge in [0.15, 0.2) is 5.82 Å². The van der Waals surface area contributed by atoms with E-state index in [0.29, 0.717) is 18.5 Å². The van der Waals surface area contributed by atoms with Crippen molar-refractivity contribution in [2.45, 2.75) is 38.1 Å². The van der Waals surface area contributed by atoms with Gasteiger partial charge in [0.05, 0.1) is 12.3 Å². The van der Waals surface area contributed by atoms with Crippen LogP contribution in [0.1, 0.15) is 32.1 Å². The Morgan fingerprint density at radius 1 is 1.22 bits per heavy atom. The second-order valence-electron chi connectivity index (χ2n) is 7.84. The minimum Gasteiger partial charge on any atom is -0.381 e. The zero-order chi connectivity index (χ0) is 18.5. The predicted molar refractivity (Wildman–Crippen MR) is 106 cm³/mol. The number of carbonyl (C=O) groups excluding carboxylic acids is 1. The first-order valence-corrected chi connectivity index (χ1v) is 10.4. The fraction of sp³-hybridized carbons (Fsp3) is 0.700. The maximum Gasteiger partial charge on any atom is 0.319 e. The van der Waals surface area contributed by atoms with E-state index in [2.05, 4.69) is 25.4 Å². The van der Waals surface area contributed by atoms with Gasteiger partial charge in [-0.1, -0.05) is 0 Å². The Kier molecular flexibility index (Phi) is 6.09. The summed E-state index contributed by atoms with van der Waals surface area (Å²) in [5.41, 5.74) is 0.791. The van der Waals surface area contributed by atoms with Gasteiger partial charge in [-0.25, -0.2) is 9.78 Å². The Morgan fingerprint density at radius 2 is 2.00 bits per heavy atom. The van der Waals surface area contributed by atoms with E-state index in [9.17, 15) is 4.79 Å². The topological polar surface area (TPSA) is 69.7 Å². The number of nitrogens with zero attached hydrogens (tertiary/aromatic N) is 3. The molecule has 0 spiro atoms. The summed E-state index contributed by atoms with van der Waals surface area (Å²) in [7, 11) is 0. The van der Waals surface area contributed by atoms with Crippen molar-refractivity contribution < 1.29 is 9.53 Å². The van der Waals surface area contributed by atoms with Crippen LogP contribution in [0.15, 0.2) is 18.3 Å². The van der Waals surface area contributed by atoms with E-state index >= 15 is 0 Å². The van der Waals surface area contributed by atoms with Gasteiger partial charge in [0.1, 0.15) is 0 Å². The Hall–Kier alpha value is -1.86. The fourth-order valence-corrected chi connectivity index (χ4v) is 4.56. The highest BCUT2D eigenvalue weighted by Gasteiger charge is 2.32. The van der Waals surface area contributed by atoms with E-state index < -0.39 is 0 Å². The van der Waals surface area contributed by atoms with Crippen LogP contribution < -0.4 is 15.5 Å². The number of urea groups is 1. The molecule has 0 aromatic carbocycles. The number of nitrogens with one attached hydrogen (secondary N) is 2. The smallest absolute Gasteiger partial charge is 0.319 e. The van der Waals surface area contributed by atoms with Crippen molar-refractivity contribution in [1.82, 2.24) is 15.2 Å². The van der Waals surface area contributed by atoms with Gasteiger partial charge in [0.25, 0.3) is 0 Å². The van der Waals surface area contributed by atoms with E-state index in [1.807, 2.05) is 12.1 Å². The summed E-state index contributed by atoms with van der Waals surface area (Å²) < 4.78 is 5.60. The van der Waals surface area contributed by atoms with Crippen LogP contribution in [-0.4, -0.2) is 67.9 Å². The average molecular weight is 374 g/mol. The molecule has 148 valence electrons. The molecule has 0 radical (unpaired) electrons. The molecule has 2 amide bonds. The van der Waals surface area contributed by atoms with Gasteiger partial charge >= 0.3 is 6.03 Å². The number of pyridine rings is 1. The predicted octanol–water partition coefficient (Wildman–Crippen LogP) is 2.30. The first kappa shape index (κ1) is 18.5. The minimum absolute atomic E-state index is 0.147. The van der Waals surface area contributed by atoms with Gasteiger partial charge in [0.2, 0.25) is 0 Å². The molecule has 3 aliphatic heterocycles. The molecule has 4 heterocycles. The van der Waals surface area contributed by atoms with Crippen LogP contribution in [0.5, 0.6) is 0 Å². The molecule has 4 rings (SSSR count).